The third-order valence-corrected chi connectivity index (χ3v) is 5.63. The van der Waals surface area contributed by atoms with Crippen molar-refractivity contribution in [3.8, 4) is 0 Å². The summed E-state index contributed by atoms with van der Waals surface area (Å²) in [7, 11) is 0. The summed E-state index contributed by atoms with van der Waals surface area (Å²) in [4.78, 5) is 28.8. The Labute approximate surface area is 201 Å². The van der Waals surface area contributed by atoms with Crippen molar-refractivity contribution in [3.63, 3.8) is 0 Å². The van der Waals surface area contributed by atoms with Gasteiger partial charge in [-0.3, -0.25) is 9.59 Å². The molecule has 0 fully saturated rings. The number of nitrogens with one attached hydrogen (secondary N) is 1. The van der Waals surface area contributed by atoms with Crippen molar-refractivity contribution in [2.45, 2.75) is 51.7 Å². The fraction of sp³-hybridized carbons (Fsp3) is 0.286. The third kappa shape index (κ3) is 7.47. The van der Waals surface area contributed by atoms with Gasteiger partial charge in [-0.1, -0.05) is 90.5 Å². The summed E-state index contributed by atoms with van der Waals surface area (Å²) in [6, 6.07) is 26.1. The van der Waals surface area contributed by atoms with Crippen molar-refractivity contribution in [1.82, 2.24) is 10.2 Å². The Balaban J connectivity index is 1.99. The monoisotopic (exact) mass is 462 g/mol. The van der Waals surface area contributed by atoms with Crippen molar-refractivity contribution < 1.29 is 9.59 Å². The van der Waals surface area contributed by atoms with E-state index in [1.807, 2.05) is 99.6 Å². The summed E-state index contributed by atoms with van der Waals surface area (Å²) < 4.78 is 0. The summed E-state index contributed by atoms with van der Waals surface area (Å²) in [5, 5.41) is 3.65. The van der Waals surface area contributed by atoms with Gasteiger partial charge in [-0.05, 0) is 43.5 Å². The van der Waals surface area contributed by atoms with Gasteiger partial charge >= 0.3 is 0 Å². The first-order chi connectivity index (χ1) is 15.7. The number of carbonyl (C=O) groups is 2. The second kappa shape index (κ2) is 11.2. The van der Waals surface area contributed by atoms with Crippen molar-refractivity contribution >= 4 is 23.4 Å². The fourth-order valence-electron chi connectivity index (χ4n) is 3.69. The van der Waals surface area contributed by atoms with Gasteiger partial charge in [0.15, 0.2) is 0 Å². The zero-order valence-electron chi connectivity index (χ0n) is 19.4. The number of hydrogen-bond acceptors (Lipinski definition) is 2. The van der Waals surface area contributed by atoms with Crippen molar-refractivity contribution in [2.75, 3.05) is 0 Å². The molecule has 3 rings (SSSR count). The van der Waals surface area contributed by atoms with E-state index >= 15 is 0 Å². The van der Waals surface area contributed by atoms with Crippen LogP contribution >= 0.6 is 11.6 Å². The van der Waals surface area contributed by atoms with E-state index in [1.54, 1.807) is 11.0 Å². The molecule has 0 unspecified atom stereocenters. The highest BCUT2D eigenvalue weighted by Crippen LogP contribution is 2.21. The average Bonchev–Trinajstić information content (AvgIpc) is 2.77. The van der Waals surface area contributed by atoms with E-state index < -0.39 is 11.6 Å². The predicted octanol–water partition coefficient (Wildman–Crippen LogP) is 5.44. The highest BCUT2D eigenvalue weighted by Gasteiger charge is 2.32. The minimum Gasteiger partial charge on any atom is -0.350 e. The Morgan fingerprint density at radius 1 is 0.848 bits per heavy atom. The summed E-state index contributed by atoms with van der Waals surface area (Å²) >= 11 is 6.45. The Morgan fingerprint density at radius 2 is 1.39 bits per heavy atom. The molecule has 5 heteroatoms. The van der Waals surface area contributed by atoms with Crippen LogP contribution in [0.25, 0.3) is 0 Å². The number of halogens is 1. The first-order valence-electron chi connectivity index (χ1n) is 11.2. The van der Waals surface area contributed by atoms with Crippen molar-refractivity contribution in [3.05, 3.63) is 107 Å². The van der Waals surface area contributed by atoms with Crippen LogP contribution in [0.15, 0.2) is 84.9 Å². The topological polar surface area (TPSA) is 49.4 Å². The molecule has 0 radical (unpaired) electrons. The van der Waals surface area contributed by atoms with Gasteiger partial charge in [0.25, 0.3) is 0 Å². The van der Waals surface area contributed by atoms with Crippen LogP contribution in [0.5, 0.6) is 0 Å². The van der Waals surface area contributed by atoms with Crippen LogP contribution < -0.4 is 5.32 Å². The molecule has 1 atom stereocenters. The summed E-state index contributed by atoms with van der Waals surface area (Å²) in [6.45, 7) is 6.07. The predicted molar refractivity (Wildman–Crippen MR) is 134 cm³/mol. The number of amides is 2. The summed E-state index contributed by atoms with van der Waals surface area (Å²) in [6.07, 6.45) is 0.618. The van der Waals surface area contributed by atoms with Crippen LogP contribution in [0.2, 0.25) is 5.02 Å². The van der Waals surface area contributed by atoms with Gasteiger partial charge in [0, 0.05) is 23.5 Å². The molecule has 4 nitrogen and oxygen atoms in total. The number of hydrogen-bond donors (Lipinski definition) is 1. The van der Waals surface area contributed by atoms with Crippen LogP contribution in [-0.2, 0) is 29.0 Å². The molecule has 3 aromatic carbocycles. The van der Waals surface area contributed by atoms with Gasteiger partial charge in [0.05, 0.1) is 6.42 Å². The zero-order chi connectivity index (χ0) is 23.8. The molecule has 33 heavy (non-hydrogen) atoms. The summed E-state index contributed by atoms with van der Waals surface area (Å²) in [5.41, 5.74) is 2.27. The van der Waals surface area contributed by atoms with Gasteiger partial charge in [-0.25, -0.2) is 0 Å². The van der Waals surface area contributed by atoms with E-state index in [-0.39, 0.29) is 24.8 Å². The van der Waals surface area contributed by atoms with E-state index in [2.05, 4.69) is 5.32 Å². The van der Waals surface area contributed by atoms with Gasteiger partial charge in [-0.15, -0.1) is 0 Å². The molecular formula is C28H31ClN2O2. The lowest BCUT2D eigenvalue weighted by Crippen LogP contribution is -2.54. The van der Waals surface area contributed by atoms with Crippen LogP contribution in [0.1, 0.15) is 37.5 Å². The van der Waals surface area contributed by atoms with Gasteiger partial charge in [0.1, 0.15) is 6.04 Å². The normalized spacial score (nSPS) is 12.1. The highest BCUT2D eigenvalue weighted by atomic mass is 35.5. The second-order valence-electron chi connectivity index (χ2n) is 9.22. The first kappa shape index (κ1) is 24.5. The minimum atomic E-state index is -0.681. The SMILES string of the molecule is CC(C)(C)NC(=O)[C@@H](Cc1ccccc1)N(Cc1ccccc1Cl)C(=O)Cc1ccccc1. The van der Waals surface area contributed by atoms with Gasteiger partial charge in [0.2, 0.25) is 11.8 Å². The largest absolute Gasteiger partial charge is 0.350 e. The lowest BCUT2D eigenvalue weighted by Gasteiger charge is -2.34. The first-order valence-corrected chi connectivity index (χ1v) is 11.5. The zero-order valence-corrected chi connectivity index (χ0v) is 20.2. The quantitative estimate of drug-likeness (QED) is 0.484. The molecule has 2 amide bonds. The Hall–Kier alpha value is -3.11. The number of rotatable bonds is 8. The Morgan fingerprint density at radius 3 is 1.97 bits per heavy atom. The number of nitrogens with zero attached hydrogens (tertiary/aromatic N) is 1. The summed E-state index contributed by atoms with van der Waals surface area (Å²) in [5.74, 6) is -0.300. The second-order valence-corrected chi connectivity index (χ2v) is 9.63. The third-order valence-electron chi connectivity index (χ3n) is 5.27. The molecule has 0 aromatic heterocycles. The minimum absolute atomic E-state index is 0.119. The number of benzene rings is 3. The molecule has 0 bridgehead atoms. The smallest absolute Gasteiger partial charge is 0.243 e. The molecule has 0 heterocycles. The van der Waals surface area contributed by atoms with Crippen LogP contribution in [0.4, 0.5) is 0 Å². The standard InChI is InChI=1S/C28H31ClN2O2/c1-28(2,3)30-27(33)25(18-21-12-6-4-7-13-21)31(20-23-16-10-11-17-24(23)29)26(32)19-22-14-8-5-9-15-22/h4-17,25H,18-20H2,1-3H3,(H,30,33)/t25-/m1/s1. The lowest BCUT2D eigenvalue weighted by molar-refractivity contribution is -0.141. The Bertz CT molecular complexity index is 1060. The van der Waals surface area contributed by atoms with Crippen LogP contribution in [0, 0.1) is 0 Å². The van der Waals surface area contributed by atoms with Crippen molar-refractivity contribution in [2.24, 2.45) is 0 Å². The van der Waals surface area contributed by atoms with E-state index in [4.69, 9.17) is 11.6 Å². The molecule has 0 spiro atoms. The molecule has 0 aliphatic carbocycles. The lowest BCUT2D eigenvalue weighted by atomic mass is 10.00. The van der Waals surface area contributed by atoms with Crippen LogP contribution in [-0.4, -0.2) is 28.3 Å². The molecule has 0 saturated carbocycles. The van der Waals surface area contributed by atoms with Crippen LogP contribution in [0.3, 0.4) is 0 Å². The maximum Gasteiger partial charge on any atom is 0.243 e. The maximum atomic E-state index is 13.6. The fourth-order valence-corrected chi connectivity index (χ4v) is 3.88. The Kier molecular flexibility index (Phi) is 8.29. The molecule has 0 aliphatic heterocycles. The molecule has 0 aliphatic rings. The van der Waals surface area contributed by atoms with Gasteiger partial charge < -0.3 is 10.2 Å². The number of carbonyl (C=O) groups excluding carboxylic acids is 2. The van der Waals surface area contributed by atoms with E-state index in [1.165, 1.54) is 0 Å². The van der Waals surface area contributed by atoms with Gasteiger partial charge in [-0.2, -0.15) is 0 Å². The molecule has 172 valence electrons. The highest BCUT2D eigenvalue weighted by molar-refractivity contribution is 6.31. The molecule has 3 aromatic rings. The van der Waals surface area contributed by atoms with E-state index in [9.17, 15) is 9.59 Å². The van der Waals surface area contributed by atoms with E-state index in [0.717, 1.165) is 16.7 Å². The molecule has 1 N–H and O–H groups in total. The van der Waals surface area contributed by atoms with Crippen molar-refractivity contribution in [1.29, 1.82) is 0 Å². The van der Waals surface area contributed by atoms with E-state index in [0.29, 0.717) is 11.4 Å². The average molecular weight is 463 g/mol. The molecule has 0 saturated heterocycles. The maximum absolute atomic E-state index is 13.6. The molecular weight excluding hydrogens is 432 g/mol.